The molecule has 0 atom stereocenters. The molecule has 5 nitrogen and oxygen atoms in total. The molecule has 2 N–H and O–H groups in total. The minimum Gasteiger partial charge on any atom is -0.347 e. The van der Waals surface area contributed by atoms with Crippen LogP contribution in [0.3, 0.4) is 0 Å². The van der Waals surface area contributed by atoms with Crippen molar-refractivity contribution in [3.63, 3.8) is 0 Å². The Morgan fingerprint density at radius 3 is 2.36 bits per heavy atom. The molecule has 0 aliphatic rings. The molecule has 0 spiro atoms. The van der Waals surface area contributed by atoms with Gasteiger partial charge in [-0.25, -0.2) is 14.4 Å². The number of carbonyl (C=O) groups excluding carboxylic acids is 1. The number of halogens is 1. The standard InChI is InChI=1S/C22H23FN4O/c1-14(2)17-6-10-19(11-7-17)26-22-25-15(3)12-20(27-22)21(28)24-13-16-4-8-18(23)9-5-16/h4-12,14H,13H2,1-3H3,(H,24,28)(H,25,26,27). The number of carbonyl (C=O) groups is 1. The first-order chi connectivity index (χ1) is 13.4. The highest BCUT2D eigenvalue weighted by Crippen LogP contribution is 2.19. The van der Waals surface area contributed by atoms with Gasteiger partial charge in [0.05, 0.1) is 0 Å². The third kappa shape index (κ3) is 5.13. The molecule has 6 heteroatoms. The van der Waals surface area contributed by atoms with Crippen molar-refractivity contribution in [2.45, 2.75) is 33.2 Å². The summed E-state index contributed by atoms with van der Waals surface area (Å²) in [5, 5.41) is 5.94. The number of nitrogens with zero attached hydrogens (tertiary/aromatic N) is 2. The second-order valence-electron chi connectivity index (χ2n) is 6.93. The number of anilines is 2. The van der Waals surface area contributed by atoms with Crippen LogP contribution in [0, 0.1) is 12.7 Å². The van der Waals surface area contributed by atoms with Crippen molar-refractivity contribution in [1.29, 1.82) is 0 Å². The summed E-state index contributed by atoms with van der Waals surface area (Å²) >= 11 is 0. The average molecular weight is 378 g/mol. The summed E-state index contributed by atoms with van der Waals surface area (Å²) in [5.41, 5.74) is 3.87. The van der Waals surface area contributed by atoms with Crippen LogP contribution in [0.4, 0.5) is 16.0 Å². The van der Waals surface area contributed by atoms with Gasteiger partial charge in [0, 0.05) is 17.9 Å². The molecule has 0 bridgehead atoms. The first-order valence-electron chi connectivity index (χ1n) is 9.16. The molecular weight excluding hydrogens is 355 g/mol. The normalized spacial score (nSPS) is 10.8. The zero-order chi connectivity index (χ0) is 20.1. The number of rotatable bonds is 6. The Bertz CT molecular complexity index is 953. The van der Waals surface area contributed by atoms with Gasteiger partial charge in [0.2, 0.25) is 5.95 Å². The van der Waals surface area contributed by atoms with Gasteiger partial charge in [0.1, 0.15) is 11.5 Å². The topological polar surface area (TPSA) is 66.9 Å². The lowest BCUT2D eigenvalue weighted by atomic mass is 10.0. The quantitative estimate of drug-likeness (QED) is 0.651. The molecule has 144 valence electrons. The summed E-state index contributed by atoms with van der Waals surface area (Å²) < 4.78 is 13.0. The number of hydrogen-bond acceptors (Lipinski definition) is 4. The van der Waals surface area contributed by atoms with Gasteiger partial charge < -0.3 is 10.6 Å². The second-order valence-corrected chi connectivity index (χ2v) is 6.93. The average Bonchev–Trinajstić information content (AvgIpc) is 2.67. The van der Waals surface area contributed by atoms with Crippen LogP contribution in [0.15, 0.2) is 54.6 Å². The highest BCUT2D eigenvalue weighted by molar-refractivity contribution is 5.92. The van der Waals surface area contributed by atoms with E-state index in [9.17, 15) is 9.18 Å². The van der Waals surface area contributed by atoms with Crippen molar-refractivity contribution in [2.24, 2.45) is 0 Å². The molecule has 0 saturated carbocycles. The lowest BCUT2D eigenvalue weighted by Crippen LogP contribution is -2.24. The fourth-order valence-electron chi connectivity index (χ4n) is 2.70. The van der Waals surface area contributed by atoms with Crippen molar-refractivity contribution in [3.05, 3.63) is 82.9 Å². The van der Waals surface area contributed by atoms with E-state index in [0.29, 0.717) is 24.1 Å². The lowest BCUT2D eigenvalue weighted by Gasteiger charge is -2.10. The maximum Gasteiger partial charge on any atom is 0.270 e. The third-order valence-electron chi connectivity index (χ3n) is 4.29. The second kappa shape index (κ2) is 8.61. The van der Waals surface area contributed by atoms with Gasteiger partial charge in [-0.3, -0.25) is 4.79 Å². The van der Waals surface area contributed by atoms with Gasteiger partial charge in [0.25, 0.3) is 5.91 Å². The molecule has 0 unspecified atom stereocenters. The molecule has 0 radical (unpaired) electrons. The Balaban J connectivity index is 1.69. The molecule has 1 heterocycles. The fraction of sp³-hybridized carbons (Fsp3) is 0.227. The summed E-state index contributed by atoms with van der Waals surface area (Å²) in [6.07, 6.45) is 0. The Kier molecular flexibility index (Phi) is 5.99. The molecule has 28 heavy (non-hydrogen) atoms. The maximum atomic E-state index is 13.0. The van der Waals surface area contributed by atoms with Crippen LogP contribution >= 0.6 is 0 Å². The van der Waals surface area contributed by atoms with E-state index >= 15 is 0 Å². The van der Waals surface area contributed by atoms with Crippen LogP contribution < -0.4 is 10.6 Å². The molecule has 1 amide bonds. The minimum absolute atomic E-state index is 0.274. The third-order valence-corrected chi connectivity index (χ3v) is 4.29. The smallest absolute Gasteiger partial charge is 0.270 e. The molecule has 3 aromatic rings. The SMILES string of the molecule is Cc1cc(C(=O)NCc2ccc(F)cc2)nc(Nc2ccc(C(C)C)cc2)n1. The Morgan fingerprint density at radius 1 is 1.04 bits per heavy atom. The number of nitrogens with one attached hydrogen (secondary N) is 2. The Labute approximate surface area is 164 Å². The number of aromatic nitrogens is 2. The first kappa shape index (κ1) is 19.5. The van der Waals surface area contributed by atoms with Crippen LogP contribution in [-0.4, -0.2) is 15.9 Å². The monoisotopic (exact) mass is 378 g/mol. The summed E-state index contributed by atoms with van der Waals surface area (Å²) in [4.78, 5) is 21.1. The van der Waals surface area contributed by atoms with Gasteiger partial charge in [-0.2, -0.15) is 0 Å². The summed E-state index contributed by atoms with van der Waals surface area (Å²) in [6.45, 7) is 6.39. The van der Waals surface area contributed by atoms with E-state index in [4.69, 9.17) is 0 Å². The van der Waals surface area contributed by atoms with E-state index in [1.165, 1.54) is 17.7 Å². The molecule has 3 rings (SSSR count). The van der Waals surface area contributed by atoms with Crippen molar-refractivity contribution >= 4 is 17.5 Å². The van der Waals surface area contributed by atoms with Crippen LogP contribution in [0.5, 0.6) is 0 Å². The lowest BCUT2D eigenvalue weighted by molar-refractivity contribution is 0.0945. The van der Waals surface area contributed by atoms with E-state index in [-0.39, 0.29) is 17.4 Å². The Morgan fingerprint density at radius 2 is 1.71 bits per heavy atom. The van der Waals surface area contributed by atoms with Crippen LogP contribution in [0.1, 0.15) is 47.1 Å². The molecular formula is C22H23FN4O. The van der Waals surface area contributed by atoms with Crippen molar-refractivity contribution in [1.82, 2.24) is 15.3 Å². The van der Waals surface area contributed by atoms with Gasteiger partial charge in [-0.15, -0.1) is 0 Å². The van der Waals surface area contributed by atoms with E-state index in [1.54, 1.807) is 18.2 Å². The summed E-state index contributed by atoms with van der Waals surface area (Å²) in [7, 11) is 0. The predicted octanol–water partition coefficient (Wildman–Crippen LogP) is 4.72. The zero-order valence-electron chi connectivity index (χ0n) is 16.2. The fourth-order valence-corrected chi connectivity index (χ4v) is 2.70. The highest BCUT2D eigenvalue weighted by atomic mass is 19.1. The van der Waals surface area contributed by atoms with Crippen LogP contribution in [0.2, 0.25) is 0 Å². The predicted molar refractivity (Wildman–Crippen MR) is 108 cm³/mol. The zero-order valence-corrected chi connectivity index (χ0v) is 16.2. The van der Waals surface area contributed by atoms with E-state index in [2.05, 4.69) is 46.6 Å². The van der Waals surface area contributed by atoms with Gasteiger partial charge in [-0.05, 0) is 54.3 Å². The first-order valence-corrected chi connectivity index (χ1v) is 9.16. The molecule has 0 fully saturated rings. The number of hydrogen-bond donors (Lipinski definition) is 2. The molecule has 0 aliphatic carbocycles. The Hall–Kier alpha value is -3.28. The molecule has 1 aromatic heterocycles. The molecule has 0 aliphatic heterocycles. The number of aryl methyl sites for hydroxylation is 1. The maximum absolute atomic E-state index is 13.0. The van der Waals surface area contributed by atoms with E-state index < -0.39 is 0 Å². The van der Waals surface area contributed by atoms with Crippen LogP contribution in [0.25, 0.3) is 0 Å². The van der Waals surface area contributed by atoms with Gasteiger partial charge in [-0.1, -0.05) is 38.1 Å². The van der Waals surface area contributed by atoms with Gasteiger partial charge >= 0.3 is 0 Å². The molecule has 2 aromatic carbocycles. The number of benzene rings is 2. The molecule has 0 saturated heterocycles. The van der Waals surface area contributed by atoms with Crippen molar-refractivity contribution in [3.8, 4) is 0 Å². The van der Waals surface area contributed by atoms with E-state index in [1.807, 2.05) is 19.1 Å². The minimum atomic E-state index is -0.312. The van der Waals surface area contributed by atoms with Crippen molar-refractivity contribution < 1.29 is 9.18 Å². The highest BCUT2D eigenvalue weighted by Gasteiger charge is 2.11. The summed E-state index contributed by atoms with van der Waals surface area (Å²) in [6, 6.07) is 15.7. The van der Waals surface area contributed by atoms with Gasteiger partial charge in [0.15, 0.2) is 0 Å². The van der Waals surface area contributed by atoms with Crippen LogP contribution in [-0.2, 0) is 6.54 Å². The summed E-state index contributed by atoms with van der Waals surface area (Å²) in [5.74, 6) is 0.205. The largest absolute Gasteiger partial charge is 0.347 e. The van der Waals surface area contributed by atoms with Crippen molar-refractivity contribution in [2.75, 3.05) is 5.32 Å². The number of amides is 1. The van der Waals surface area contributed by atoms with E-state index in [0.717, 1.165) is 11.3 Å².